The number of nitrogens with one attached hydrogen (secondary N) is 2. The molecule has 4 nitrogen and oxygen atoms in total. The van der Waals surface area contributed by atoms with Crippen molar-refractivity contribution in [1.82, 2.24) is 10.6 Å². The lowest BCUT2D eigenvalue weighted by Crippen LogP contribution is -2.48. The van der Waals surface area contributed by atoms with Gasteiger partial charge < -0.3 is 10.6 Å². The number of carbonyl (C=O) groups excluding carboxylic acids is 2. The van der Waals surface area contributed by atoms with Crippen molar-refractivity contribution >= 4 is 11.7 Å². The van der Waals surface area contributed by atoms with E-state index in [2.05, 4.69) is 10.6 Å². The predicted octanol–water partition coefficient (Wildman–Crippen LogP) is 2.33. The van der Waals surface area contributed by atoms with Gasteiger partial charge in [0.05, 0.1) is 5.56 Å². The van der Waals surface area contributed by atoms with Gasteiger partial charge in [0.2, 0.25) is 5.91 Å². The van der Waals surface area contributed by atoms with Crippen molar-refractivity contribution in [3.8, 4) is 0 Å². The Bertz CT molecular complexity index is 609. The van der Waals surface area contributed by atoms with E-state index in [-0.39, 0.29) is 30.4 Å². The first kappa shape index (κ1) is 16.1. The summed E-state index contributed by atoms with van der Waals surface area (Å²) in [5, 5.41) is 6.46. The van der Waals surface area contributed by atoms with Crippen LogP contribution >= 0.6 is 0 Å². The zero-order valence-corrected chi connectivity index (χ0v) is 12.8. The third-order valence-corrected chi connectivity index (χ3v) is 4.65. The monoisotopic (exact) mass is 322 g/mol. The summed E-state index contributed by atoms with van der Waals surface area (Å²) in [6, 6.07) is 3.95. The van der Waals surface area contributed by atoms with Crippen LogP contribution in [0.2, 0.25) is 0 Å². The lowest BCUT2D eigenvalue weighted by atomic mass is 9.99. The van der Waals surface area contributed by atoms with Gasteiger partial charge in [-0.1, -0.05) is 0 Å². The van der Waals surface area contributed by atoms with E-state index in [1.54, 1.807) is 0 Å². The molecule has 6 heteroatoms. The maximum absolute atomic E-state index is 13.5. The molecule has 0 spiro atoms. The Kier molecular flexibility index (Phi) is 4.71. The van der Waals surface area contributed by atoms with E-state index in [0.717, 1.165) is 37.8 Å². The zero-order chi connectivity index (χ0) is 16.4. The summed E-state index contributed by atoms with van der Waals surface area (Å²) in [5.41, 5.74) is -0.167. The molecule has 2 N–H and O–H groups in total. The molecule has 2 bridgehead atoms. The average molecular weight is 322 g/mol. The molecule has 0 radical (unpaired) electrons. The fourth-order valence-electron chi connectivity index (χ4n) is 3.55. The lowest BCUT2D eigenvalue weighted by molar-refractivity contribution is -0.122. The summed E-state index contributed by atoms with van der Waals surface area (Å²) < 4.78 is 26.4. The maximum atomic E-state index is 13.5. The summed E-state index contributed by atoms with van der Waals surface area (Å²) in [5.74, 6) is -2.28. The van der Waals surface area contributed by atoms with Crippen molar-refractivity contribution in [3.05, 3.63) is 35.4 Å². The summed E-state index contributed by atoms with van der Waals surface area (Å²) in [6.07, 6.45) is 4.09. The van der Waals surface area contributed by atoms with E-state index in [0.29, 0.717) is 18.2 Å². The topological polar surface area (TPSA) is 58.2 Å². The Labute approximate surface area is 133 Å². The van der Waals surface area contributed by atoms with Crippen molar-refractivity contribution in [2.24, 2.45) is 0 Å². The highest BCUT2D eigenvalue weighted by Gasteiger charge is 2.33. The molecule has 1 aromatic carbocycles. The second kappa shape index (κ2) is 6.74. The molecule has 1 aromatic rings. The van der Waals surface area contributed by atoms with Gasteiger partial charge >= 0.3 is 0 Å². The van der Waals surface area contributed by atoms with E-state index in [9.17, 15) is 18.4 Å². The van der Waals surface area contributed by atoms with Crippen LogP contribution < -0.4 is 10.6 Å². The fourth-order valence-corrected chi connectivity index (χ4v) is 3.55. The van der Waals surface area contributed by atoms with Crippen molar-refractivity contribution in [2.75, 3.05) is 0 Å². The quantitative estimate of drug-likeness (QED) is 0.818. The Morgan fingerprint density at radius 2 is 1.83 bits per heavy atom. The SMILES string of the molecule is O=C(CCC(=O)c1ccc(F)cc1F)NC1CC2CCC(C1)N2. The van der Waals surface area contributed by atoms with Gasteiger partial charge in [0, 0.05) is 37.0 Å². The first-order valence-electron chi connectivity index (χ1n) is 8.05. The van der Waals surface area contributed by atoms with Crippen LogP contribution in [-0.2, 0) is 4.79 Å². The Hall–Kier alpha value is -1.82. The van der Waals surface area contributed by atoms with Gasteiger partial charge in [-0.05, 0) is 37.8 Å². The number of carbonyl (C=O) groups is 2. The number of halogens is 2. The molecule has 2 aliphatic heterocycles. The number of hydrogen-bond donors (Lipinski definition) is 2. The molecule has 1 amide bonds. The Morgan fingerprint density at radius 3 is 2.48 bits per heavy atom. The molecular formula is C17H20F2N2O2. The van der Waals surface area contributed by atoms with Crippen LogP contribution in [0.15, 0.2) is 18.2 Å². The molecule has 3 rings (SSSR count). The number of piperidine rings is 1. The molecule has 2 aliphatic rings. The van der Waals surface area contributed by atoms with Crippen molar-refractivity contribution in [3.63, 3.8) is 0 Å². The predicted molar refractivity (Wildman–Crippen MR) is 81.0 cm³/mol. The summed E-state index contributed by atoms with van der Waals surface area (Å²) >= 11 is 0. The zero-order valence-electron chi connectivity index (χ0n) is 12.8. The molecule has 23 heavy (non-hydrogen) atoms. The van der Waals surface area contributed by atoms with Crippen LogP contribution in [0.4, 0.5) is 8.78 Å². The highest BCUT2D eigenvalue weighted by molar-refractivity contribution is 5.98. The normalized spacial score (nSPS) is 26.1. The van der Waals surface area contributed by atoms with E-state index < -0.39 is 17.4 Å². The van der Waals surface area contributed by atoms with Crippen LogP contribution in [0, 0.1) is 11.6 Å². The van der Waals surface area contributed by atoms with Crippen LogP contribution in [0.5, 0.6) is 0 Å². The number of fused-ring (bicyclic) bond motifs is 2. The van der Waals surface area contributed by atoms with E-state index in [1.165, 1.54) is 0 Å². The van der Waals surface area contributed by atoms with Crippen molar-refractivity contribution < 1.29 is 18.4 Å². The molecular weight excluding hydrogens is 302 g/mol. The second-order valence-electron chi connectivity index (χ2n) is 6.42. The Balaban J connectivity index is 1.48. The smallest absolute Gasteiger partial charge is 0.220 e. The number of rotatable bonds is 5. The molecule has 2 heterocycles. The Morgan fingerprint density at radius 1 is 1.13 bits per heavy atom. The minimum absolute atomic E-state index is 0.0227. The molecule has 0 aromatic heterocycles. The number of amides is 1. The number of Topliss-reactive ketones (excluding diaryl/α,β-unsaturated/α-hetero) is 1. The first-order chi connectivity index (χ1) is 11.0. The van der Waals surface area contributed by atoms with Crippen molar-refractivity contribution in [2.45, 2.75) is 56.7 Å². The number of benzene rings is 1. The third kappa shape index (κ3) is 3.93. The number of ketones is 1. The third-order valence-electron chi connectivity index (χ3n) is 4.65. The van der Waals surface area contributed by atoms with Crippen molar-refractivity contribution in [1.29, 1.82) is 0 Å². The number of hydrogen-bond acceptors (Lipinski definition) is 3. The largest absolute Gasteiger partial charge is 0.353 e. The first-order valence-corrected chi connectivity index (χ1v) is 8.05. The standard InChI is InChI=1S/C17H20F2N2O2/c18-10-1-4-14(15(19)7-10)16(22)5-6-17(23)21-13-8-11-2-3-12(9-13)20-11/h1,4,7,11-13,20H,2-3,5-6,8-9H2,(H,21,23). The van der Waals surface area contributed by atoms with E-state index in [1.807, 2.05) is 0 Å². The van der Waals surface area contributed by atoms with Crippen LogP contribution in [0.25, 0.3) is 0 Å². The molecule has 0 aliphatic carbocycles. The van der Waals surface area contributed by atoms with Gasteiger partial charge in [-0.2, -0.15) is 0 Å². The molecule has 2 saturated heterocycles. The second-order valence-corrected chi connectivity index (χ2v) is 6.42. The van der Waals surface area contributed by atoms with Gasteiger partial charge in [-0.3, -0.25) is 9.59 Å². The van der Waals surface area contributed by atoms with Crippen LogP contribution in [-0.4, -0.2) is 29.8 Å². The van der Waals surface area contributed by atoms with E-state index in [4.69, 9.17) is 0 Å². The molecule has 2 fully saturated rings. The lowest BCUT2D eigenvalue weighted by Gasteiger charge is -2.29. The van der Waals surface area contributed by atoms with Crippen LogP contribution in [0.1, 0.15) is 48.9 Å². The summed E-state index contributed by atoms with van der Waals surface area (Å²) in [4.78, 5) is 23.9. The van der Waals surface area contributed by atoms with Gasteiger partial charge in [0.25, 0.3) is 0 Å². The molecule has 2 atom stereocenters. The van der Waals surface area contributed by atoms with E-state index >= 15 is 0 Å². The van der Waals surface area contributed by atoms with Gasteiger partial charge in [-0.25, -0.2) is 8.78 Å². The van der Waals surface area contributed by atoms with Gasteiger partial charge in [0.15, 0.2) is 5.78 Å². The molecule has 124 valence electrons. The maximum Gasteiger partial charge on any atom is 0.220 e. The minimum Gasteiger partial charge on any atom is -0.353 e. The molecule has 0 saturated carbocycles. The average Bonchev–Trinajstić information content (AvgIpc) is 2.84. The minimum atomic E-state index is -0.884. The highest BCUT2D eigenvalue weighted by Crippen LogP contribution is 2.26. The molecule has 2 unspecified atom stereocenters. The summed E-state index contributed by atoms with van der Waals surface area (Å²) in [6.45, 7) is 0. The van der Waals surface area contributed by atoms with Gasteiger partial charge in [-0.15, -0.1) is 0 Å². The summed E-state index contributed by atoms with van der Waals surface area (Å²) in [7, 11) is 0. The fraction of sp³-hybridized carbons (Fsp3) is 0.529. The highest BCUT2D eigenvalue weighted by atomic mass is 19.1. The van der Waals surface area contributed by atoms with Gasteiger partial charge in [0.1, 0.15) is 11.6 Å². The van der Waals surface area contributed by atoms with Crippen LogP contribution in [0.3, 0.4) is 0 Å².